The highest BCUT2D eigenvalue weighted by Gasteiger charge is 2.23. The van der Waals surface area contributed by atoms with Gasteiger partial charge in [-0.15, -0.1) is 0 Å². The van der Waals surface area contributed by atoms with E-state index in [4.69, 9.17) is 9.26 Å². The Kier molecular flexibility index (Phi) is 5.35. The summed E-state index contributed by atoms with van der Waals surface area (Å²) in [5, 5.41) is 6.44. The van der Waals surface area contributed by atoms with Crippen molar-refractivity contribution < 1.29 is 18.8 Å². The van der Waals surface area contributed by atoms with Crippen molar-refractivity contribution in [2.24, 2.45) is 0 Å². The van der Waals surface area contributed by atoms with E-state index in [2.05, 4.69) is 15.5 Å². The number of hydrogen-bond acceptors (Lipinski definition) is 7. The molecule has 0 unspecified atom stereocenters. The summed E-state index contributed by atoms with van der Waals surface area (Å²) in [6.07, 6.45) is 1.30. The lowest BCUT2D eigenvalue weighted by molar-refractivity contribution is 0.102. The Bertz CT molecular complexity index is 783. The molecule has 2 aromatic heterocycles. The second kappa shape index (κ2) is 7.85. The molecule has 9 nitrogen and oxygen atoms in total. The molecule has 3 rings (SSSR count). The van der Waals surface area contributed by atoms with E-state index >= 15 is 0 Å². The molecule has 138 valence electrons. The van der Waals surface area contributed by atoms with Crippen molar-refractivity contribution in [3.63, 3.8) is 0 Å². The minimum absolute atomic E-state index is 0.285. The van der Waals surface area contributed by atoms with Gasteiger partial charge >= 0.3 is 6.09 Å². The molecule has 0 atom stereocenters. The van der Waals surface area contributed by atoms with E-state index in [0.29, 0.717) is 55.7 Å². The molecule has 1 N–H and O–H groups in total. The molecule has 1 aliphatic heterocycles. The highest BCUT2D eigenvalue weighted by atomic mass is 16.6. The summed E-state index contributed by atoms with van der Waals surface area (Å²) in [6, 6.07) is 5.01. The normalized spacial score (nSPS) is 14.2. The summed E-state index contributed by atoms with van der Waals surface area (Å²) in [5.74, 6) is 1.40. The lowest BCUT2D eigenvalue weighted by atomic mass is 10.2. The third-order valence-corrected chi connectivity index (χ3v) is 4.01. The maximum atomic E-state index is 12.4. The molecule has 2 amide bonds. The van der Waals surface area contributed by atoms with Crippen molar-refractivity contribution in [3.05, 3.63) is 35.7 Å². The Morgan fingerprint density at radius 1 is 1.27 bits per heavy atom. The molecular weight excluding hydrogens is 338 g/mol. The molecule has 26 heavy (non-hydrogen) atoms. The van der Waals surface area contributed by atoms with Crippen molar-refractivity contribution in [3.8, 4) is 0 Å². The van der Waals surface area contributed by atoms with Crippen LogP contribution in [0.5, 0.6) is 0 Å². The molecule has 3 heterocycles. The number of piperazine rings is 1. The van der Waals surface area contributed by atoms with Crippen molar-refractivity contribution in [1.29, 1.82) is 0 Å². The van der Waals surface area contributed by atoms with E-state index in [9.17, 15) is 9.59 Å². The van der Waals surface area contributed by atoms with Crippen LogP contribution in [-0.4, -0.2) is 59.8 Å². The predicted octanol–water partition coefficient (Wildman–Crippen LogP) is 1.91. The fourth-order valence-electron chi connectivity index (χ4n) is 2.68. The van der Waals surface area contributed by atoms with Crippen molar-refractivity contribution >= 4 is 23.6 Å². The quantitative estimate of drug-likeness (QED) is 0.890. The van der Waals surface area contributed by atoms with Gasteiger partial charge in [-0.2, -0.15) is 0 Å². The molecule has 0 aliphatic carbocycles. The first-order valence-electron chi connectivity index (χ1n) is 8.44. The largest absolute Gasteiger partial charge is 0.450 e. The molecule has 0 aromatic carbocycles. The summed E-state index contributed by atoms with van der Waals surface area (Å²) in [7, 11) is 0. The number of hydrogen-bond donors (Lipinski definition) is 1. The highest BCUT2D eigenvalue weighted by molar-refractivity contribution is 6.04. The zero-order valence-corrected chi connectivity index (χ0v) is 14.8. The summed E-state index contributed by atoms with van der Waals surface area (Å²) >= 11 is 0. The van der Waals surface area contributed by atoms with Gasteiger partial charge in [0, 0.05) is 44.0 Å². The molecule has 1 fully saturated rings. The molecule has 1 aliphatic rings. The van der Waals surface area contributed by atoms with E-state index in [1.165, 1.54) is 0 Å². The highest BCUT2D eigenvalue weighted by Crippen LogP contribution is 2.17. The third kappa shape index (κ3) is 4.11. The summed E-state index contributed by atoms with van der Waals surface area (Å²) in [6.45, 7) is 6.25. The number of aryl methyl sites for hydroxylation is 1. The van der Waals surface area contributed by atoms with Gasteiger partial charge in [0.05, 0.1) is 6.61 Å². The fraction of sp³-hybridized carbons (Fsp3) is 0.412. The lowest BCUT2D eigenvalue weighted by Gasteiger charge is -2.34. The van der Waals surface area contributed by atoms with Crippen LogP contribution in [0.3, 0.4) is 0 Å². The van der Waals surface area contributed by atoms with Crippen LogP contribution in [0.15, 0.2) is 28.9 Å². The molecule has 0 spiro atoms. The second-order valence-corrected chi connectivity index (χ2v) is 5.85. The maximum Gasteiger partial charge on any atom is 0.409 e. The third-order valence-electron chi connectivity index (χ3n) is 4.01. The number of rotatable bonds is 4. The van der Waals surface area contributed by atoms with Crippen molar-refractivity contribution in [2.45, 2.75) is 13.8 Å². The van der Waals surface area contributed by atoms with Gasteiger partial charge in [-0.3, -0.25) is 4.79 Å². The van der Waals surface area contributed by atoms with Crippen LogP contribution in [0.4, 0.5) is 16.4 Å². The number of pyridine rings is 1. The minimum Gasteiger partial charge on any atom is -0.450 e. The number of nitrogens with zero attached hydrogens (tertiary/aromatic N) is 4. The summed E-state index contributed by atoms with van der Waals surface area (Å²) in [4.78, 5) is 32.2. The number of aromatic nitrogens is 2. The molecule has 0 radical (unpaired) electrons. The van der Waals surface area contributed by atoms with Crippen LogP contribution in [-0.2, 0) is 4.74 Å². The maximum absolute atomic E-state index is 12.4. The minimum atomic E-state index is -0.295. The van der Waals surface area contributed by atoms with Crippen LogP contribution in [0.25, 0.3) is 0 Å². The van der Waals surface area contributed by atoms with Gasteiger partial charge in [-0.1, -0.05) is 5.16 Å². The first kappa shape index (κ1) is 17.7. The van der Waals surface area contributed by atoms with Crippen molar-refractivity contribution in [1.82, 2.24) is 15.0 Å². The average molecular weight is 359 g/mol. The van der Waals surface area contributed by atoms with Crippen LogP contribution in [0.1, 0.15) is 23.0 Å². The number of carbonyl (C=O) groups excluding carboxylic acids is 2. The van der Waals surface area contributed by atoms with E-state index in [0.717, 1.165) is 0 Å². The SMILES string of the molecule is CCOC(=O)N1CCN(c2cc(C(=O)Nc3cc(C)on3)ccn2)CC1. The predicted molar refractivity (Wildman–Crippen MR) is 94.2 cm³/mol. The fourth-order valence-corrected chi connectivity index (χ4v) is 2.68. The first-order chi connectivity index (χ1) is 12.6. The number of amides is 2. The zero-order valence-electron chi connectivity index (χ0n) is 14.8. The second-order valence-electron chi connectivity index (χ2n) is 5.85. The van der Waals surface area contributed by atoms with E-state index in [-0.39, 0.29) is 12.0 Å². The zero-order chi connectivity index (χ0) is 18.5. The Morgan fingerprint density at radius 2 is 2.04 bits per heavy atom. The Labute approximate surface area is 150 Å². The van der Waals surface area contributed by atoms with E-state index < -0.39 is 0 Å². The van der Waals surface area contributed by atoms with E-state index in [1.54, 1.807) is 43.1 Å². The lowest BCUT2D eigenvalue weighted by Crippen LogP contribution is -2.49. The smallest absolute Gasteiger partial charge is 0.409 e. The number of anilines is 2. The Morgan fingerprint density at radius 3 is 2.69 bits per heavy atom. The monoisotopic (exact) mass is 359 g/mol. The number of ether oxygens (including phenoxy) is 1. The Balaban J connectivity index is 1.62. The molecular formula is C17H21N5O4. The first-order valence-corrected chi connectivity index (χ1v) is 8.44. The molecule has 2 aromatic rings. The van der Waals surface area contributed by atoms with Gasteiger partial charge < -0.3 is 24.4 Å². The van der Waals surface area contributed by atoms with Gasteiger partial charge in [0.1, 0.15) is 11.6 Å². The Hall–Kier alpha value is -3.10. The number of nitrogens with one attached hydrogen (secondary N) is 1. The van der Waals surface area contributed by atoms with Gasteiger partial charge in [0.2, 0.25) is 0 Å². The molecule has 0 bridgehead atoms. The van der Waals surface area contributed by atoms with Gasteiger partial charge in [-0.05, 0) is 26.0 Å². The standard InChI is InChI=1S/C17H21N5O4/c1-3-25-17(24)22-8-6-21(7-9-22)15-11-13(4-5-18-15)16(23)19-14-10-12(2)26-20-14/h4-5,10-11H,3,6-9H2,1-2H3,(H,19,20,23). The van der Waals surface area contributed by atoms with E-state index in [1.807, 2.05) is 4.90 Å². The number of carbonyl (C=O) groups is 2. The van der Waals surface area contributed by atoms with Crippen LogP contribution < -0.4 is 10.2 Å². The molecule has 9 heteroatoms. The summed E-state index contributed by atoms with van der Waals surface area (Å²) in [5.41, 5.74) is 0.475. The van der Waals surface area contributed by atoms with Gasteiger partial charge in [0.25, 0.3) is 5.91 Å². The van der Waals surface area contributed by atoms with Crippen LogP contribution in [0.2, 0.25) is 0 Å². The summed E-state index contributed by atoms with van der Waals surface area (Å²) < 4.78 is 9.96. The van der Waals surface area contributed by atoms with Crippen LogP contribution in [0, 0.1) is 6.92 Å². The topological polar surface area (TPSA) is 101 Å². The van der Waals surface area contributed by atoms with Gasteiger partial charge in [0.15, 0.2) is 5.82 Å². The van der Waals surface area contributed by atoms with Crippen LogP contribution >= 0.6 is 0 Å². The molecule has 1 saturated heterocycles. The molecule has 0 saturated carbocycles. The average Bonchev–Trinajstić information content (AvgIpc) is 3.07. The van der Waals surface area contributed by atoms with Gasteiger partial charge in [-0.25, -0.2) is 9.78 Å². The van der Waals surface area contributed by atoms with Crippen molar-refractivity contribution in [2.75, 3.05) is 43.0 Å².